The number of H-pyrrole nitrogens is 1. The van der Waals surface area contributed by atoms with Gasteiger partial charge in [-0.25, -0.2) is 9.97 Å². The van der Waals surface area contributed by atoms with E-state index in [1.165, 1.54) is 0 Å². The summed E-state index contributed by atoms with van der Waals surface area (Å²) in [6, 6.07) is 5.80. The molecule has 1 aliphatic heterocycles. The van der Waals surface area contributed by atoms with E-state index in [1.54, 1.807) is 19.6 Å². The number of fused-ring (bicyclic) bond motifs is 1. The second kappa shape index (κ2) is 7.92. The van der Waals surface area contributed by atoms with Crippen molar-refractivity contribution in [2.24, 2.45) is 10.7 Å². The highest BCUT2D eigenvalue weighted by atomic mass is 79.9. The maximum absolute atomic E-state index is 8.67. The molecule has 0 unspecified atom stereocenters. The quantitative estimate of drug-likeness (QED) is 0.346. The van der Waals surface area contributed by atoms with Crippen molar-refractivity contribution >= 4 is 39.0 Å². The minimum atomic E-state index is 0.236. The van der Waals surface area contributed by atoms with Crippen molar-refractivity contribution in [3.8, 4) is 23.2 Å². The fourth-order valence-electron chi connectivity index (χ4n) is 3.24. The number of nitrogens with one attached hydrogen (secondary N) is 1. The first-order valence-corrected chi connectivity index (χ1v) is 9.67. The molecule has 0 amide bonds. The number of anilines is 1. The first-order valence-electron chi connectivity index (χ1n) is 8.88. The van der Waals surface area contributed by atoms with Gasteiger partial charge in [-0.3, -0.25) is 0 Å². The number of nitriles is 1. The van der Waals surface area contributed by atoms with Gasteiger partial charge in [-0.05, 0) is 34.1 Å². The molecule has 2 aromatic heterocycles. The summed E-state index contributed by atoms with van der Waals surface area (Å²) in [5.41, 5.74) is 8.87. The van der Waals surface area contributed by atoms with Crippen molar-refractivity contribution in [1.82, 2.24) is 24.8 Å². The lowest BCUT2D eigenvalue weighted by Gasteiger charge is -2.35. The molecule has 3 N–H and O–H groups in total. The second-order valence-corrected chi connectivity index (χ2v) is 7.22. The predicted octanol–water partition coefficient (Wildman–Crippen LogP) is 1.71. The average molecular weight is 456 g/mol. The summed E-state index contributed by atoms with van der Waals surface area (Å²) in [6.45, 7) is 2.57. The fourth-order valence-corrected chi connectivity index (χ4v) is 3.78. The molecule has 0 radical (unpaired) electrons. The van der Waals surface area contributed by atoms with Crippen LogP contribution in [0.25, 0.3) is 22.4 Å². The highest BCUT2D eigenvalue weighted by molar-refractivity contribution is 9.10. The highest BCUT2D eigenvalue weighted by Gasteiger charge is 2.22. The number of piperazine rings is 1. The third-order valence-corrected chi connectivity index (χ3v) is 5.37. The third-order valence-electron chi connectivity index (χ3n) is 4.75. The van der Waals surface area contributed by atoms with Crippen LogP contribution in [0.2, 0.25) is 0 Å². The van der Waals surface area contributed by atoms with E-state index in [4.69, 9.17) is 20.7 Å². The van der Waals surface area contributed by atoms with Crippen LogP contribution in [0.1, 0.15) is 0 Å². The lowest BCUT2D eigenvalue weighted by molar-refractivity contribution is 0.380. The van der Waals surface area contributed by atoms with Gasteiger partial charge in [-0.1, -0.05) is 0 Å². The summed E-state index contributed by atoms with van der Waals surface area (Å²) in [4.78, 5) is 24.4. The summed E-state index contributed by atoms with van der Waals surface area (Å²) >= 11 is 3.53. The largest absolute Gasteiger partial charge is 0.496 e. The van der Waals surface area contributed by atoms with Crippen molar-refractivity contribution < 1.29 is 4.74 Å². The number of hydrogen-bond acceptors (Lipinski definition) is 7. The Morgan fingerprint density at radius 2 is 2.10 bits per heavy atom. The normalized spacial score (nSPS) is 14.9. The number of benzene rings is 1. The minimum absolute atomic E-state index is 0.236. The van der Waals surface area contributed by atoms with Crippen molar-refractivity contribution in [2.45, 2.75) is 0 Å². The van der Waals surface area contributed by atoms with Crippen molar-refractivity contribution in [1.29, 1.82) is 5.26 Å². The zero-order chi connectivity index (χ0) is 20.4. The number of methoxy groups -OCH3 is 1. The highest BCUT2D eigenvalue weighted by Crippen LogP contribution is 2.33. The molecule has 1 aromatic carbocycles. The van der Waals surface area contributed by atoms with E-state index in [-0.39, 0.29) is 5.96 Å². The van der Waals surface area contributed by atoms with Gasteiger partial charge in [0.25, 0.3) is 0 Å². The molecular formula is C18H18BrN9O. The first kappa shape index (κ1) is 18.9. The number of rotatable bonds is 3. The van der Waals surface area contributed by atoms with Crippen LogP contribution < -0.4 is 15.4 Å². The van der Waals surface area contributed by atoms with Crippen molar-refractivity contribution in [3.05, 3.63) is 29.0 Å². The van der Waals surface area contributed by atoms with Gasteiger partial charge < -0.3 is 25.3 Å². The SMILES string of the molecule is COc1ccc(-c2nc(N3CCN(C(N)=NC#N)CC3)nc3nc[nH]c23)cc1Br. The molecule has 148 valence electrons. The molecule has 29 heavy (non-hydrogen) atoms. The number of aromatic amines is 1. The summed E-state index contributed by atoms with van der Waals surface area (Å²) in [7, 11) is 1.63. The maximum Gasteiger partial charge on any atom is 0.228 e. The molecule has 3 aromatic rings. The smallest absolute Gasteiger partial charge is 0.228 e. The summed E-state index contributed by atoms with van der Waals surface area (Å²) in [6.07, 6.45) is 3.33. The number of hydrogen-bond donors (Lipinski definition) is 2. The van der Waals surface area contributed by atoms with Gasteiger partial charge in [-0.2, -0.15) is 10.2 Å². The zero-order valence-electron chi connectivity index (χ0n) is 15.6. The van der Waals surface area contributed by atoms with Crippen LogP contribution in [0.4, 0.5) is 5.95 Å². The number of halogens is 1. The van der Waals surface area contributed by atoms with Gasteiger partial charge in [0.1, 0.15) is 17.0 Å². The van der Waals surface area contributed by atoms with Crippen LogP contribution in [0.3, 0.4) is 0 Å². The molecule has 1 fully saturated rings. The Morgan fingerprint density at radius 3 is 2.79 bits per heavy atom. The van der Waals surface area contributed by atoms with Gasteiger partial charge in [-0.15, -0.1) is 4.99 Å². The molecule has 1 aliphatic rings. The summed E-state index contributed by atoms with van der Waals surface area (Å²) < 4.78 is 6.16. The Kier molecular flexibility index (Phi) is 5.18. The van der Waals surface area contributed by atoms with Crippen LogP contribution in [-0.4, -0.2) is 64.1 Å². The number of imidazole rings is 1. The monoisotopic (exact) mass is 455 g/mol. The number of guanidine groups is 1. The van der Waals surface area contributed by atoms with E-state index in [0.717, 1.165) is 27.0 Å². The number of aromatic nitrogens is 4. The van der Waals surface area contributed by atoms with E-state index < -0.39 is 0 Å². The molecule has 0 bridgehead atoms. The average Bonchev–Trinajstić information content (AvgIpc) is 3.22. The Labute approximate surface area is 175 Å². The van der Waals surface area contributed by atoms with Gasteiger partial charge in [0.15, 0.2) is 5.65 Å². The molecular weight excluding hydrogens is 438 g/mol. The van der Waals surface area contributed by atoms with E-state index in [2.05, 4.69) is 40.8 Å². The molecule has 3 heterocycles. The van der Waals surface area contributed by atoms with Gasteiger partial charge >= 0.3 is 0 Å². The number of nitrogens with two attached hydrogens (primary N) is 1. The van der Waals surface area contributed by atoms with Gasteiger partial charge in [0.2, 0.25) is 18.1 Å². The summed E-state index contributed by atoms with van der Waals surface area (Å²) in [5, 5.41) is 8.67. The molecule has 0 saturated carbocycles. The standard InChI is InChI=1S/C18H18BrN9O/c1-29-13-3-2-11(8-12(13)19)14-15-16(24-10-23-15)26-18(25-14)28-6-4-27(5-7-28)17(21)22-9-20/h2-3,8,10H,4-7H2,1H3,(H2,21,22)(H,23,24,25,26). The Balaban J connectivity index is 1.67. The van der Waals surface area contributed by atoms with Crippen LogP contribution in [0.5, 0.6) is 5.75 Å². The van der Waals surface area contributed by atoms with E-state index in [0.29, 0.717) is 37.8 Å². The minimum Gasteiger partial charge on any atom is -0.496 e. The Hall–Kier alpha value is -3.39. The topological polar surface area (TPSA) is 132 Å². The number of aliphatic imine (C=N–C) groups is 1. The van der Waals surface area contributed by atoms with E-state index in [9.17, 15) is 0 Å². The molecule has 0 aliphatic carbocycles. The fraction of sp³-hybridized carbons (Fsp3) is 0.278. The third kappa shape index (κ3) is 3.66. The molecule has 1 saturated heterocycles. The molecule has 10 nitrogen and oxygen atoms in total. The Bertz CT molecular complexity index is 1110. The lowest BCUT2D eigenvalue weighted by atomic mass is 10.1. The summed E-state index contributed by atoms with van der Waals surface area (Å²) in [5.74, 6) is 1.58. The van der Waals surface area contributed by atoms with Crippen LogP contribution in [0.15, 0.2) is 34.0 Å². The Morgan fingerprint density at radius 1 is 1.31 bits per heavy atom. The van der Waals surface area contributed by atoms with Gasteiger partial charge in [0.05, 0.1) is 17.9 Å². The number of ether oxygens (including phenoxy) is 1. The maximum atomic E-state index is 8.67. The molecule has 0 spiro atoms. The van der Waals surface area contributed by atoms with Crippen molar-refractivity contribution in [2.75, 3.05) is 38.2 Å². The number of nitrogens with zero attached hydrogens (tertiary/aromatic N) is 7. The predicted molar refractivity (Wildman–Crippen MR) is 112 cm³/mol. The van der Waals surface area contributed by atoms with E-state index >= 15 is 0 Å². The first-order chi connectivity index (χ1) is 14.1. The van der Waals surface area contributed by atoms with Crippen LogP contribution in [0, 0.1) is 11.5 Å². The van der Waals surface area contributed by atoms with Crippen LogP contribution >= 0.6 is 15.9 Å². The molecule has 4 rings (SSSR count). The van der Waals surface area contributed by atoms with Gasteiger partial charge in [0, 0.05) is 31.7 Å². The molecule has 11 heteroatoms. The van der Waals surface area contributed by atoms with Crippen LogP contribution in [-0.2, 0) is 0 Å². The van der Waals surface area contributed by atoms with E-state index in [1.807, 2.05) is 23.1 Å². The second-order valence-electron chi connectivity index (χ2n) is 6.37. The lowest BCUT2D eigenvalue weighted by Crippen LogP contribution is -2.51. The van der Waals surface area contributed by atoms with Crippen molar-refractivity contribution in [3.63, 3.8) is 0 Å². The molecule has 0 atom stereocenters. The zero-order valence-corrected chi connectivity index (χ0v) is 17.2.